The highest BCUT2D eigenvalue weighted by Gasteiger charge is 2.17. The molecule has 1 aliphatic rings. The molecule has 1 atom stereocenters. The summed E-state index contributed by atoms with van der Waals surface area (Å²) in [5, 5.41) is 0. The maximum absolute atomic E-state index is 15.1. The van der Waals surface area contributed by atoms with Gasteiger partial charge in [0.1, 0.15) is 5.82 Å². The Bertz CT molecular complexity index is 1230. The first kappa shape index (κ1) is 26.0. The van der Waals surface area contributed by atoms with Crippen molar-refractivity contribution in [1.29, 1.82) is 0 Å². The van der Waals surface area contributed by atoms with Gasteiger partial charge in [-0.3, -0.25) is 0 Å². The van der Waals surface area contributed by atoms with Gasteiger partial charge < -0.3 is 0 Å². The molecule has 0 radical (unpaired) electrons. The van der Waals surface area contributed by atoms with Crippen molar-refractivity contribution in [3.63, 3.8) is 0 Å². The first-order valence-corrected chi connectivity index (χ1v) is 13.2. The fourth-order valence-corrected chi connectivity index (χ4v) is 5.09. The van der Waals surface area contributed by atoms with Crippen molar-refractivity contribution in [2.45, 2.75) is 65.2 Å². The SMILES string of the molecule is C/C=C/C1CC=C(c2ccc(-c3ccc(-c4ccc(CCCCCC)c(F)c4F)cc3)c(F)c2)CC1. The number of halogens is 3. The molecule has 3 heteroatoms. The summed E-state index contributed by atoms with van der Waals surface area (Å²) in [5.74, 6) is -1.28. The second-order valence-corrected chi connectivity index (χ2v) is 9.77. The van der Waals surface area contributed by atoms with Gasteiger partial charge in [-0.25, -0.2) is 13.2 Å². The third kappa shape index (κ3) is 6.00. The Morgan fingerprint density at radius 1 is 0.806 bits per heavy atom. The quantitative estimate of drug-likeness (QED) is 0.208. The third-order valence-electron chi connectivity index (χ3n) is 7.22. The van der Waals surface area contributed by atoms with Crippen LogP contribution in [0.3, 0.4) is 0 Å². The van der Waals surface area contributed by atoms with Crippen molar-refractivity contribution in [3.8, 4) is 22.3 Å². The maximum atomic E-state index is 15.1. The summed E-state index contributed by atoms with van der Waals surface area (Å²) >= 11 is 0. The number of rotatable bonds is 9. The van der Waals surface area contributed by atoms with E-state index in [2.05, 4.69) is 25.2 Å². The van der Waals surface area contributed by atoms with E-state index in [4.69, 9.17) is 0 Å². The summed E-state index contributed by atoms with van der Waals surface area (Å²) in [7, 11) is 0. The fourth-order valence-electron chi connectivity index (χ4n) is 5.09. The lowest BCUT2D eigenvalue weighted by Crippen LogP contribution is -2.02. The Labute approximate surface area is 213 Å². The van der Waals surface area contributed by atoms with Gasteiger partial charge in [0.2, 0.25) is 0 Å². The van der Waals surface area contributed by atoms with E-state index in [1.807, 2.05) is 19.1 Å². The summed E-state index contributed by atoms with van der Waals surface area (Å²) in [6.45, 7) is 4.17. The van der Waals surface area contributed by atoms with Gasteiger partial charge in [-0.15, -0.1) is 0 Å². The maximum Gasteiger partial charge on any atom is 0.166 e. The molecule has 0 saturated heterocycles. The molecule has 0 fully saturated rings. The molecule has 0 N–H and O–H groups in total. The van der Waals surface area contributed by atoms with E-state index < -0.39 is 11.6 Å². The van der Waals surface area contributed by atoms with Crippen molar-refractivity contribution < 1.29 is 13.2 Å². The minimum Gasteiger partial charge on any atom is -0.206 e. The van der Waals surface area contributed by atoms with Crippen molar-refractivity contribution in [3.05, 3.63) is 101 Å². The molecule has 0 spiro atoms. The molecule has 1 aliphatic carbocycles. The van der Waals surface area contributed by atoms with Crippen LogP contribution in [0.25, 0.3) is 27.8 Å². The molecule has 3 aromatic carbocycles. The number of aryl methyl sites for hydroxylation is 1. The predicted molar refractivity (Wildman–Crippen MR) is 145 cm³/mol. The van der Waals surface area contributed by atoms with Gasteiger partial charge in [-0.05, 0) is 78.8 Å². The average Bonchev–Trinajstić information content (AvgIpc) is 2.90. The molecule has 4 rings (SSSR count). The van der Waals surface area contributed by atoms with Crippen LogP contribution in [0.2, 0.25) is 0 Å². The number of benzene rings is 3. The van der Waals surface area contributed by atoms with Crippen molar-refractivity contribution >= 4 is 5.57 Å². The summed E-state index contributed by atoms with van der Waals surface area (Å²) in [5.41, 5.74) is 4.57. The van der Waals surface area contributed by atoms with Gasteiger partial charge in [0.05, 0.1) is 0 Å². The monoisotopic (exact) mass is 488 g/mol. The molecule has 3 aromatic rings. The van der Waals surface area contributed by atoms with E-state index >= 15 is 4.39 Å². The van der Waals surface area contributed by atoms with E-state index in [-0.39, 0.29) is 11.4 Å². The predicted octanol–water partition coefficient (Wildman–Crippen LogP) is 10.3. The fraction of sp³-hybridized carbons (Fsp3) is 0.333. The third-order valence-corrected chi connectivity index (χ3v) is 7.22. The summed E-state index contributed by atoms with van der Waals surface area (Å²) in [6, 6.07) is 15.7. The zero-order valence-electron chi connectivity index (χ0n) is 21.3. The van der Waals surface area contributed by atoms with Crippen LogP contribution in [0.5, 0.6) is 0 Å². The van der Waals surface area contributed by atoms with E-state index in [0.717, 1.165) is 50.5 Å². The molecule has 1 unspecified atom stereocenters. The van der Waals surface area contributed by atoms with Crippen LogP contribution in [0.4, 0.5) is 13.2 Å². The molecule has 0 aliphatic heterocycles. The van der Waals surface area contributed by atoms with Crippen molar-refractivity contribution in [1.82, 2.24) is 0 Å². The van der Waals surface area contributed by atoms with Crippen molar-refractivity contribution in [2.24, 2.45) is 5.92 Å². The van der Waals surface area contributed by atoms with E-state index in [0.29, 0.717) is 34.6 Å². The topological polar surface area (TPSA) is 0 Å². The van der Waals surface area contributed by atoms with Gasteiger partial charge in [0.25, 0.3) is 0 Å². The number of hydrogen-bond donors (Lipinski definition) is 0. The van der Waals surface area contributed by atoms with Crippen LogP contribution < -0.4 is 0 Å². The average molecular weight is 489 g/mol. The summed E-state index contributed by atoms with van der Waals surface area (Å²) in [6.07, 6.45) is 14.2. The van der Waals surface area contributed by atoms with Gasteiger partial charge in [0.15, 0.2) is 11.6 Å². The molecule has 0 nitrogen and oxygen atoms in total. The lowest BCUT2D eigenvalue weighted by molar-refractivity contribution is 0.498. The first-order valence-electron chi connectivity index (χ1n) is 13.2. The van der Waals surface area contributed by atoms with Gasteiger partial charge in [-0.2, -0.15) is 0 Å². The molecule has 0 heterocycles. The van der Waals surface area contributed by atoms with Crippen LogP contribution in [0, 0.1) is 23.4 Å². The van der Waals surface area contributed by atoms with Crippen LogP contribution in [-0.4, -0.2) is 0 Å². The van der Waals surface area contributed by atoms with E-state index in [1.165, 1.54) is 5.57 Å². The normalized spacial score (nSPS) is 15.9. The Kier molecular flexibility index (Phi) is 8.85. The molecular formula is C33H35F3. The number of unbranched alkanes of at least 4 members (excludes halogenated alkanes) is 3. The van der Waals surface area contributed by atoms with Crippen LogP contribution in [0.15, 0.2) is 72.8 Å². The minimum absolute atomic E-state index is 0.229. The second kappa shape index (κ2) is 12.3. The Balaban J connectivity index is 1.49. The Morgan fingerprint density at radius 2 is 1.50 bits per heavy atom. The Hall–Kier alpha value is -3.07. The highest BCUT2D eigenvalue weighted by atomic mass is 19.2. The molecule has 0 aromatic heterocycles. The van der Waals surface area contributed by atoms with Crippen molar-refractivity contribution in [2.75, 3.05) is 0 Å². The summed E-state index contributed by atoms with van der Waals surface area (Å²) < 4.78 is 44.6. The van der Waals surface area contributed by atoms with Gasteiger partial charge >= 0.3 is 0 Å². The largest absolute Gasteiger partial charge is 0.206 e. The highest BCUT2D eigenvalue weighted by molar-refractivity contribution is 5.74. The standard InChI is InChI=1S/C33H35F3/c1-3-5-6-7-9-27-18-21-30(33(36)32(27)35)26-16-14-25(15-17-26)29-20-19-28(22-31(29)34)24-12-10-23(8-4-2)11-13-24/h4,8,12,14-23H,3,5-7,9-11,13H2,1-2H3/b8-4+. The van der Waals surface area contributed by atoms with Crippen LogP contribution in [-0.2, 0) is 6.42 Å². The molecule has 0 saturated carbocycles. The summed E-state index contributed by atoms with van der Waals surface area (Å²) in [4.78, 5) is 0. The first-order chi connectivity index (χ1) is 17.5. The zero-order chi connectivity index (χ0) is 25.5. The second-order valence-electron chi connectivity index (χ2n) is 9.77. The minimum atomic E-state index is -0.816. The van der Waals surface area contributed by atoms with E-state index in [9.17, 15) is 8.78 Å². The molecule has 0 bridgehead atoms. The molecule has 0 amide bonds. The molecule has 36 heavy (non-hydrogen) atoms. The smallest absolute Gasteiger partial charge is 0.166 e. The van der Waals surface area contributed by atoms with Crippen LogP contribution in [0.1, 0.15) is 69.9 Å². The number of hydrogen-bond acceptors (Lipinski definition) is 0. The van der Waals surface area contributed by atoms with Gasteiger partial charge in [-0.1, -0.05) is 92.9 Å². The van der Waals surface area contributed by atoms with E-state index in [1.54, 1.807) is 42.5 Å². The molecular weight excluding hydrogens is 453 g/mol. The van der Waals surface area contributed by atoms with Gasteiger partial charge in [0, 0.05) is 11.1 Å². The Morgan fingerprint density at radius 3 is 2.14 bits per heavy atom. The molecule has 188 valence electrons. The highest BCUT2D eigenvalue weighted by Crippen LogP contribution is 2.34. The lowest BCUT2D eigenvalue weighted by Gasteiger charge is -2.20. The van der Waals surface area contributed by atoms with Crippen LogP contribution >= 0.6 is 0 Å². The zero-order valence-corrected chi connectivity index (χ0v) is 21.3. The number of allylic oxidation sites excluding steroid dienone is 4. The lowest BCUT2D eigenvalue weighted by atomic mass is 9.86.